The molecule has 2 fully saturated rings. The van der Waals surface area contributed by atoms with E-state index in [1.54, 1.807) is 7.11 Å². The van der Waals surface area contributed by atoms with E-state index < -0.39 is 0 Å². The standard InChI is InChI=1S/C14H27NO2/c1-10-7-11(8-12(16-6)17-10)15(5)14(4)9-13(14,2)3/h10-12H,7-9H2,1-6H3/t10?,11?,12-,14?/m1/s1. The van der Waals surface area contributed by atoms with Gasteiger partial charge in [-0.05, 0) is 39.2 Å². The lowest BCUT2D eigenvalue weighted by Gasteiger charge is -2.42. The van der Waals surface area contributed by atoms with Crippen LogP contribution in [0.25, 0.3) is 0 Å². The molecule has 1 aliphatic heterocycles. The number of hydrogen-bond acceptors (Lipinski definition) is 3. The molecule has 1 heterocycles. The van der Waals surface area contributed by atoms with Gasteiger partial charge in [-0.15, -0.1) is 0 Å². The van der Waals surface area contributed by atoms with E-state index in [4.69, 9.17) is 9.47 Å². The van der Waals surface area contributed by atoms with Gasteiger partial charge in [-0.3, -0.25) is 4.90 Å². The maximum absolute atomic E-state index is 5.75. The van der Waals surface area contributed by atoms with Gasteiger partial charge < -0.3 is 9.47 Å². The van der Waals surface area contributed by atoms with Crippen LogP contribution in [0.15, 0.2) is 0 Å². The van der Waals surface area contributed by atoms with Crippen molar-refractivity contribution in [3.63, 3.8) is 0 Å². The lowest BCUT2D eigenvalue weighted by Crippen LogP contribution is -2.49. The first kappa shape index (κ1) is 13.3. The zero-order chi connectivity index (χ0) is 12.8. The molecule has 3 heteroatoms. The molecule has 3 unspecified atom stereocenters. The second kappa shape index (κ2) is 4.22. The van der Waals surface area contributed by atoms with Crippen molar-refractivity contribution in [3.8, 4) is 0 Å². The third-order valence-electron chi connectivity index (χ3n) is 5.16. The molecule has 1 aliphatic carbocycles. The Morgan fingerprint density at radius 2 is 1.82 bits per heavy atom. The van der Waals surface area contributed by atoms with Crippen molar-refractivity contribution in [1.29, 1.82) is 0 Å². The fourth-order valence-electron chi connectivity index (χ4n) is 3.36. The quantitative estimate of drug-likeness (QED) is 0.758. The van der Waals surface area contributed by atoms with Crippen molar-refractivity contribution < 1.29 is 9.47 Å². The highest BCUT2D eigenvalue weighted by Crippen LogP contribution is 2.59. The van der Waals surface area contributed by atoms with Crippen molar-refractivity contribution in [2.45, 2.75) is 70.9 Å². The highest BCUT2D eigenvalue weighted by Gasteiger charge is 2.61. The Bertz CT molecular complexity index is 292. The van der Waals surface area contributed by atoms with Gasteiger partial charge in [0.05, 0.1) is 6.10 Å². The topological polar surface area (TPSA) is 21.7 Å². The van der Waals surface area contributed by atoms with Gasteiger partial charge in [0.1, 0.15) is 0 Å². The fourth-order valence-corrected chi connectivity index (χ4v) is 3.36. The summed E-state index contributed by atoms with van der Waals surface area (Å²) in [6, 6.07) is 0.579. The zero-order valence-corrected chi connectivity index (χ0v) is 12.1. The normalized spacial score (nSPS) is 45.0. The molecule has 0 N–H and O–H groups in total. The third kappa shape index (κ3) is 2.25. The van der Waals surface area contributed by atoms with Crippen LogP contribution in [0.2, 0.25) is 0 Å². The molecule has 2 aliphatic rings. The van der Waals surface area contributed by atoms with Crippen LogP contribution < -0.4 is 0 Å². The Hall–Kier alpha value is -0.120. The van der Waals surface area contributed by atoms with Crippen LogP contribution in [0.1, 0.15) is 47.0 Å². The maximum atomic E-state index is 5.75. The van der Waals surface area contributed by atoms with Crippen LogP contribution in [0.3, 0.4) is 0 Å². The smallest absolute Gasteiger partial charge is 0.159 e. The number of nitrogens with zero attached hydrogens (tertiary/aromatic N) is 1. The van der Waals surface area contributed by atoms with E-state index in [1.165, 1.54) is 6.42 Å². The third-order valence-corrected chi connectivity index (χ3v) is 5.16. The number of ether oxygens (including phenoxy) is 2. The molecule has 1 saturated carbocycles. The van der Waals surface area contributed by atoms with Gasteiger partial charge in [-0.1, -0.05) is 13.8 Å². The van der Waals surface area contributed by atoms with Crippen LogP contribution in [0.5, 0.6) is 0 Å². The average Bonchev–Trinajstić information content (AvgIpc) is 2.77. The summed E-state index contributed by atoms with van der Waals surface area (Å²) < 4.78 is 11.1. The van der Waals surface area contributed by atoms with Crippen LogP contribution in [-0.4, -0.2) is 43.0 Å². The molecule has 1 saturated heterocycles. The molecule has 0 aromatic rings. The highest BCUT2D eigenvalue weighted by atomic mass is 16.7. The second-order valence-corrected chi connectivity index (χ2v) is 6.68. The van der Waals surface area contributed by atoms with Gasteiger partial charge in [0.2, 0.25) is 0 Å². The Kier molecular flexibility index (Phi) is 3.30. The lowest BCUT2D eigenvalue weighted by atomic mass is 9.97. The monoisotopic (exact) mass is 241 g/mol. The van der Waals surface area contributed by atoms with Crippen molar-refractivity contribution in [2.75, 3.05) is 14.2 Å². The molecule has 0 spiro atoms. The summed E-state index contributed by atoms with van der Waals surface area (Å²) in [6.07, 6.45) is 3.66. The van der Waals surface area contributed by atoms with Crippen LogP contribution in [-0.2, 0) is 9.47 Å². The van der Waals surface area contributed by atoms with E-state index in [1.807, 2.05) is 0 Å². The van der Waals surface area contributed by atoms with Crippen molar-refractivity contribution >= 4 is 0 Å². The molecule has 4 atom stereocenters. The van der Waals surface area contributed by atoms with Crippen LogP contribution in [0.4, 0.5) is 0 Å². The van der Waals surface area contributed by atoms with E-state index in [-0.39, 0.29) is 6.29 Å². The van der Waals surface area contributed by atoms with Gasteiger partial charge in [-0.2, -0.15) is 0 Å². The molecule has 0 radical (unpaired) electrons. The predicted octanol–water partition coefficient (Wildman–Crippen LogP) is 2.65. The molecule has 2 rings (SSSR count). The summed E-state index contributed by atoms with van der Waals surface area (Å²) >= 11 is 0. The van der Waals surface area contributed by atoms with Gasteiger partial charge >= 0.3 is 0 Å². The first-order chi connectivity index (χ1) is 7.80. The molecular weight excluding hydrogens is 214 g/mol. The SMILES string of the molecule is CO[C@H]1CC(N(C)C2(C)CC2(C)C)CC(C)O1. The first-order valence-electron chi connectivity index (χ1n) is 6.71. The summed E-state index contributed by atoms with van der Waals surface area (Å²) in [5, 5.41) is 0. The Morgan fingerprint density at radius 3 is 2.29 bits per heavy atom. The summed E-state index contributed by atoms with van der Waals surface area (Å²) in [5.74, 6) is 0. The summed E-state index contributed by atoms with van der Waals surface area (Å²) in [7, 11) is 4.01. The molecule has 100 valence electrons. The van der Waals surface area contributed by atoms with E-state index in [2.05, 4.69) is 39.6 Å². The van der Waals surface area contributed by atoms with Gasteiger partial charge in [0.15, 0.2) is 6.29 Å². The van der Waals surface area contributed by atoms with Crippen molar-refractivity contribution in [3.05, 3.63) is 0 Å². The van der Waals surface area contributed by atoms with Crippen molar-refractivity contribution in [1.82, 2.24) is 4.90 Å². The minimum Gasteiger partial charge on any atom is -0.356 e. The summed E-state index contributed by atoms with van der Waals surface area (Å²) in [5.41, 5.74) is 0.804. The van der Waals surface area contributed by atoms with Gasteiger partial charge in [0.25, 0.3) is 0 Å². The number of hydrogen-bond donors (Lipinski definition) is 0. The summed E-state index contributed by atoms with van der Waals surface area (Å²) in [4.78, 5) is 2.57. The Labute approximate surface area is 105 Å². The highest BCUT2D eigenvalue weighted by molar-refractivity contribution is 5.15. The Balaban J connectivity index is 2.02. The van der Waals surface area contributed by atoms with E-state index >= 15 is 0 Å². The lowest BCUT2D eigenvalue weighted by molar-refractivity contribution is -0.192. The zero-order valence-electron chi connectivity index (χ0n) is 12.1. The molecule has 3 nitrogen and oxygen atoms in total. The second-order valence-electron chi connectivity index (χ2n) is 6.68. The molecule has 0 aromatic heterocycles. The summed E-state index contributed by atoms with van der Waals surface area (Å²) in [6.45, 7) is 9.25. The maximum Gasteiger partial charge on any atom is 0.159 e. The Morgan fingerprint density at radius 1 is 1.24 bits per heavy atom. The average molecular weight is 241 g/mol. The van der Waals surface area contributed by atoms with E-state index in [9.17, 15) is 0 Å². The first-order valence-corrected chi connectivity index (χ1v) is 6.71. The van der Waals surface area contributed by atoms with E-state index in [0.29, 0.717) is 23.1 Å². The van der Waals surface area contributed by atoms with Crippen LogP contribution >= 0.6 is 0 Å². The number of methoxy groups -OCH3 is 1. The van der Waals surface area contributed by atoms with Crippen LogP contribution in [0, 0.1) is 5.41 Å². The minimum atomic E-state index is -0.0309. The van der Waals surface area contributed by atoms with E-state index in [0.717, 1.165) is 12.8 Å². The molecule has 0 amide bonds. The molecule has 17 heavy (non-hydrogen) atoms. The van der Waals surface area contributed by atoms with Gasteiger partial charge in [-0.25, -0.2) is 0 Å². The fraction of sp³-hybridized carbons (Fsp3) is 1.00. The van der Waals surface area contributed by atoms with Crippen molar-refractivity contribution in [2.24, 2.45) is 5.41 Å². The minimum absolute atomic E-state index is 0.0309. The predicted molar refractivity (Wildman–Crippen MR) is 68.9 cm³/mol. The largest absolute Gasteiger partial charge is 0.356 e. The molecule has 0 bridgehead atoms. The molecule has 0 aromatic carbocycles. The van der Waals surface area contributed by atoms with Gasteiger partial charge in [0, 0.05) is 25.1 Å². The molecular formula is C14H27NO2. The number of rotatable bonds is 3.